The second kappa shape index (κ2) is 7.85. The molecule has 1 amide bonds. The zero-order valence-corrected chi connectivity index (χ0v) is 13.6. The Morgan fingerprint density at radius 1 is 1.09 bits per heavy atom. The number of nitrogens with zero attached hydrogens (tertiary/aromatic N) is 1. The first kappa shape index (κ1) is 16.4. The van der Waals surface area contributed by atoms with E-state index in [9.17, 15) is 4.79 Å². The van der Waals surface area contributed by atoms with Crippen molar-refractivity contribution in [3.63, 3.8) is 0 Å². The second-order valence-corrected chi connectivity index (χ2v) is 5.40. The average Bonchev–Trinajstić information content (AvgIpc) is 2.54. The first-order valence-corrected chi connectivity index (χ1v) is 7.66. The van der Waals surface area contributed by atoms with E-state index in [-0.39, 0.29) is 5.91 Å². The van der Waals surface area contributed by atoms with E-state index in [1.54, 1.807) is 12.0 Å². The monoisotopic (exact) mass is 317 g/mol. The largest absolute Gasteiger partial charge is 0.496 e. The molecule has 3 nitrogen and oxygen atoms in total. The molecule has 0 spiro atoms. The van der Waals surface area contributed by atoms with Crippen molar-refractivity contribution in [3.8, 4) is 5.75 Å². The normalized spacial score (nSPS) is 10.3. The molecular weight excluding hydrogens is 298 g/mol. The highest BCUT2D eigenvalue weighted by Crippen LogP contribution is 2.20. The summed E-state index contributed by atoms with van der Waals surface area (Å²) in [6.07, 6.45) is 0.322. The molecule has 0 aliphatic rings. The fraction of sp³-hybridized carbons (Fsp3) is 0.278. The van der Waals surface area contributed by atoms with Crippen LogP contribution in [-0.4, -0.2) is 24.5 Å². The lowest BCUT2D eigenvalue weighted by Gasteiger charge is -2.22. The molecular formula is C18H20ClNO2. The van der Waals surface area contributed by atoms with E-state index < -0.39 is 0 Å². The summed E-state index contributed by atoms with van der Waals surface area (Å²) in [5.41, 5.74) is 1.85. The van der Waals surface area contributed by atoms with Gasteiger partial charge in [-0.25, -0.2) is 0 Å². The van der Waals surface area contributed by atoms with E-state index in [1.807, 2.05) is 55.5 Å². The van der Waals surface area contributed by atoms with Crippen LogP contribution in [0.4, 0.5) is 0 Å². The number of para-hydroxylation sites is 1. The van der Waals surface area contributed by atoms with Crippen LogP contribution < -0.4 is 4.74 Å². The molecule has 0 unspecified atom stereocenters. The number of rotatable bonds is 6. The number of benzene rings is 2. The molecule has 0 saturated heterocycles. The van der Waals surface area contributed by atoms with Gasteiger partial charge in [0.05, 0.1) is 13.5 Å². The third-order valence-electron chi connectivity index (χ3n) is 3.59. The number of carbonyl (C=O) groups excluding carboxylic acids is 1. The van der Waals surface area contributed by atoms with E-state index in [0.29, 0.717) is 24.5 Å². The molecule has 0 aliphatic heterocycles. The van der Waals surface area contributed by atoms with Gasteiger partial charge in [-0.1, -0.05) is 48.0 Å². The minimum atomic E-state index is 0.0620. The molecule has 2 aromatic rings. The van der Waals surface area contributed by atoms with Gasteiger partial charge in [-0.2, -0.15) is 0 Å². The molecule has 2 rings (SSSR count). The van der Waals surface area contributed by atoms with Gasteiger partial charge >= 0.3 is 0 Å². The number of methoxy groups -OCH3 is 1. The number of likely N-dealkylation sites (N-methyl/N-ethyl adjacent to an activating group) is 1. The molecule has 0 atom stereocenters. The van der Waals surface area contributed by atoms with Gasteiger partial charge in [-0.05, 0) is 24.6 Å². The quantitative estimate of drug-likeness (QED) is 0.807. The molecule has 0 aliphatic carbocycles. The van der Waals surface area contributed by atoms with E-state index in [4.69, 9.17) is 16.3 Å². The van der Waals surface area contributed by atoms with Crippen molar-refractivity contribution in [1.29, 1.82) is 0 Å². The van der Waals surface area contributed by atoms with Crippen LogP contribution in [0.3, 0.4) is 0 Å². The number of ether oxygens (including phenoxy) is 1. The Kier molecular flexibility index (Phi) is 5.84. The van der Waals surface area contributed by atoms with Gasteiger partial charge in [-0.3, -0.25) is 4.79 Å². The number of hydrogen-bond donors (Lipinski definition) is 0. The average molecular weight is 318 g/mol. The molecule has 0 heterocycles. The maximum atomic E-state index is 12.6. The zero-order chi connectivity index (χ0) is 15.9. The highest BCUT2D eigenvalue weighted by Gasteiger charge is 2.16. The van der Waals surface area contributed by atoms with Gasteiger partial charge in [0.1, 0.15) is 5.75 Å². The Bertz CT molecular complexity index is 642. The second-order valence-electron chi connectivity index (χ2n) is 4.99. The maximum absolute atomic E-state index is 12.6. The lowest BCUT2D eigenvalue weighted by atomic mass is 10.1. The van der Waals surface area contributed by atoms with E-state index in [1.165, 1.54) is 0 Å². The molecule has 22 heavy (non-hydrogen) atoms. The Morgan fingerprint density at radius 3 is 2.36 bits per heavy atom. The minimum absolute atomic E-state index is 0.0620. The fourth-order valence-corrected chi connectivity index (χ4v) is 2.53. The molecule has 2 aromatic carbocycles. The van der Waals surface area contributed by atoms with Crippen molar-refractivity contribution >= 4 is 17.5 Å². The van der Waals surface area contributed by atoms with Crippen LogP contribution in [0.15, 0.2) is 48.5 Å². The van der Waals surface area contributed by atoms with Crippen molar-refractivity contribution in [2.45, 2.75) is 19.9 Å². The lowest BCUT2D eigenvalue weighted by molar-refractivity contribution is -0.130. The molecule has 116 valence electrons. The molecule has 4 heteroatoms. The Balaban J connectivity index is 2.11. The SMILES string of the molecule is CCN(Cc1ccccc1Cl)C(=O)Cc1ccccc1OC. The molecule has 0 aromatic heterocycles. The number of hydrogen-bond acceptors (Lipinski definition) is 2. The third-order valence-corrected chi connectivity index (χ3v) is 3.96. The van der Waals surface area contributed by atoms with Gasteiger partial charge in [0.15, 0.2) is 0 Å². The van der Waals surface area contributed by atoms with Gasteiger partial charge < -0.3 is 9.64 Å². The van der Waals surface area contributed by atoms with Crippen molar-refractivity contribution < 1.29 is 9.53 Å². The molecule has 0 fully saturated rings. The Hall–Kier alpha value is -2.00. The number of amides is 1. The summed E-state index contributed by atoms with van der Waals surface area (Å²) in [5, 5.41) is 0.686. The van der Waals surface area contributed by atoms with Crippen LogP contribution in [0.1, 0.15) is 18.1 Å². The molecule has 0 saturated carbocycles. The van der Waals surface area contributed by atoms with Crippen LogP contribution in [0, 0.1) is 0 Å². The summed E-state index contributed by atoms with van der Waals surface area (Å²) in [5.74, 6) is 0.802. The van der Waals surface area contributed by atoms with Crippen molar-refractivity contribution in [1.82, 2.24) is 4.90 Å². The van der Waals surface area contributed by atoms with Gasteiger partial charge in [0.25, 0.3) is 0 Å². The molecule has 0 radical (unpaired) electrons. The highest BCUT2D eigenvalue weighted by molar-refractivity contribution is 6.31. The van der Waals surface area contributed by atoms with E-state index in [0.717, 1.165) is 16.9 Å². The first-order valence-electron chi connectivity index (χ1n) is 7.28. The lowest BCUT2D eigenvalue weighted by Crippen LogP contribution is -2.31. The summed E-state index contributed by atoms with van der Waals surface area (Å²) in [6.45, 7) is 3.13. The third kappa shape index (κ3) is 4.01. The smallest absolute Gasteiger partial charge is 0.227 e. The van der Waals surface area contributed by atoms with E-state index in [2.05, 4.69) is 0 Å². The summed E-state index contributed by atoms with van der Waals surface area (Å²) in [6, 6.07) is 15.2. The zero-order valence-electron chi connectivity index (χ0n) is 12.9. The minimum Gasteiger partial charge on any atom is -0.496 e. The van der Waals surface area contributed by atoms with Crippen molar-refractivity contribution in [3.05, 3.63) is 64.7 Å². The number of carbonyl (C=O) groups is 1. The van der Waals surface area contributed by atoms with Gasteiger partial charge in [0.2, 0.25) is 5.91 Å². The highest BCUT2D eigenvalue weighted by atomic mass is 35.5. The topological polar surface area (TPSA) is 29.5 Å². The summed E-state index contributed by atoms with van der Waals surface area (Å²) < 4.78 is 5.31. The van der Waals surface area contributed by atoms with Crippen molar-refractivity contribution in [2.75, 3.05) is 13.7 Å². The van der Waals surface area contributed by atoms with Crippen LogP contribution in [0.5, 0.6) is 5.75 Å². The number of halogens is 1. The summed E-state index contributed by atoms with van der Waals surface area (Å²) >= 11 is 6.18. The Morgan fingerprint density at radius 2 is 1.73 bits per heavy atom. The van der Waals surface area contributed by atoms with Gasteiger partial charge in [-0.15, -0.1) is 0 Å². The van der Waals surface area contributed by atoms with Crippen LogP contribution in [0.25, 0.3) is 0 Å². The maximum Gasteiger partial charge on any atom is 0.227 e. The van der Waals surface area contributed by atoms with Crippen molar-refractivity contribution in [2.24, 2.45) is 0 Å². The summed E-state index contributed by atoms with van der Waals surface area (Å²) in [7, 11) is 1.62. The van der Waals surface area contributed by atoms with Gasteiger partial charge in [0, 0.05) is 23.7 Å². The van der Waals surface area contributed by atoms with Crippen LogP contribution >= 0.6 is 11.6 Å². The van der Waals surface area contributed by atoms with Crippen LogP contribution in [0.2, 0.25) is 5.02 Å². The van der Waals surface area contributed by atoms with Crippen LogP contribution in [-0.2, 0) is 17.8 Å². The standard InChI is InChI=1S/C18H20ClNO2/c1-3-20(13-15-9-4-6-10-16(15)19)18(21)12-14-8-5-7-11-17(14)22-2/h4-11H,3,12-13H2,1-2H3. The Labute approximate surface area is 136 Å². The summed E-state index contributed by atoms with van der Waals surface area (Å²) in [4.78, 5) is 14.4. The predicted octanol–water partition coefficient (Wildman–Crippen LogP) is 3.94. The molecule has 0 bridgehead atoms. The fourth-order valence-electron chi connectivity index (χ4n) is 2.33. The first-order chi connectivity index (χ1) is 10.7. The van der Waals surface area contributed by atoms with E-state index >= 15 is 0 Å². The predicted molar refractivity (Wildman–Crippen MR) is 89.2 cm³/mol. The molecule has 0 N–H and O–H groups in total.